The van der Waals surface area contributed by atoms with Crippen LogP contribution in [0.5, 0.6) is 11.5 Å². The lowest BCUT2D eigenvalue weighted by Crippen LogP contribution is -2.36. The summed E-state index contributed by atoms with van der Waals surface area (Å²) in [5.74, 6) is 2.00. The molecule has 0 radical (unpaired) electrons. The molecule has 0 aliphatic carbocycles. The quantitative estimate of drug-likeness (QED) is 0.754. The fraction of sp³-hybridized carbons (Fsp3) is 0.350. The van der Waals surface area contributed by atoms with Gasteiger partial charge in [-0.3, -0.25) is 4.79 Å². The summed E-state index contributed by atoms with van der Waals surface area (Å²) < 4.78 is 10.5. The molecule has 4 nitrogen and oxygen atoms in total. The molecule has 0 atom stereocenters. The lowest BCUT2D eigenvalue weighted by Gasteiger charge is -2.31. The lowest BCUT2D eigenvalue weighted by molar-refractivity contribution is -0.126. The van der Waals surface area contributed by atoms with Gasteiger partial charge in [0.25, 0.3) is 0 Å². The zero-order chi connectivity index (χ0) is 17.6. The number of thiophene rings is 1. The van der Waals surface area contributed by atoms with Crippen molar-refractivity contribution in [3.8, 4) is 11.5 Å². The minimum atomic E-state index is 0.0681. The van der Waals surface area contributed by atoms with Gasteiger partial charge in [0.05, 0.1) is 14.2 Å². The molecule has 5 heteroatoms. The van der Waals surface area contributed by atoms with Gasteiger partial charge in [-0.2, -0.15) is 11.3 Å². The van der Waals surface area contributed by atoms with E-state index in [2.05, 4.69) is 16.8 Å². The number of carbonyl (C=O) groups excluding carboxylic acids is 1. The van der Waals surface area contributed by atoms with E-state index < -0.39 is 0 Å². The van der Waals surface area contributed by atoms with Crippen LogP contribution < -0.4 is 9.47 Å². The summed E-state index contributed by atoms with van der Waals surface area (Å²) in [6.45, 7) is 1.63. The summed E-state index contributed by atoms with van der Waals surface area (Å²) in [7, 11) is 3.21. The van der Waals surface area contributed by atoms with E-state index >= 15 is 0 Å². The third kappa shape index (κ3) is 4.23. The highest BCUT2D eigenvalue weighted by Gasteiger charge is 2.22. The zero-order valence-electron chi connectivity index (χ0n) is 14.6. The Labute approximate surface area is 152 Å². The molecular weight excluding hydrogens is 334 g/mol. The molecule has 1 amide bonds. The molecule has 132 valence electrons. The highest BCUT2D eigenvalue weighted by Crippen LogP contribution is 2.30. The van der Waals surface area contributed by atoms with Gasteiger partial charge in [0.15, 0.2) is 11.5 Å². The summed E-state index contributed by atoms with van der Waals surface area (Å²) in [6.07, 6.45) is 5.54. The fourth-order valence-corrected chi connectivity index (χ4v) is 3.91. The van der Waals surface area contributed by atoms with Crippen LogP contribution in [-0.2, 0) is 4.79 Å². The average Bonchev–Trinajstić information content (AvgIpc) is 3.20. The summed E-state index contributed by atoms with van der Waals surface area (Å²) >= 11 is 1.74. The maximum Gasteiger partial charge on any atom is 0.246 e. The van der Waals surface area contributed by atoms with Crippen LogP contribution in [0.15, 0.2) is 41.1 Å². The number of hydrogen-bond acceptors (Lipinski definition) is 4. The van der Waals surface area contributed by atoms with E-state index in [4.69, 9.17) is 9.47 Å². The Morgan fingerprint density at radius 3 is 2.56 bits per heavy atom. The lowest BCUT2D eigenvalue weighted by atomic mass is 9.91. The predicted octanol–water partition coefficient (Wildman–Crippen LogP) is 4.18. The second-order valence-corrected chi connectivity index (χ2v) is 6.88. The van der Waals surface area contributed by atoms with Crippen molar-refractivity contribution < 1.29 is 14.3 Å². The number of hydrogen-bond donors (Lipinski definition) is 0. The number of amides is 1. The van der Waals surface area contributed by atoms with Gasteiger partial charge in [-0.25, -0.2) is 0 Å². The Morgan fingerprint density at radius 1 is 1.16 bits per heavy atom. The molecular formula is C20H23NO3S. The van der Waals surface area contributed by atoms with Crippen molar-refractivity contribution >= 4 is 23.3 Å². The monoisotopic (exact) mass is 357 g/mol. The van der Waals surface area contributed by atoms with Crippen LogP contribution in [0.2, 0.25) is 0 Å². The largest absolute Gasteiger partial charge is 0.493 e. The van der Waals surface area contributed by atoms with E-state index in [-0.39, 0.29) is 5.91 Å². The van der Waals surface area contributed by atoms with Crippen LogP contribution >= 0.6 is 11.3 Å². The average molecular weight is 357 g/mol. The molecule has 1 aromatic carbocycles. The van der Waals surface area contributed by atoms with Crippen molar-refractivity contribution in [2.45, 2.75) is 18.8 Å². The van der Waals surface area contributed by atoms with Crippen molar-refractivity contribution in [2.75, 3.05) is 27.3 Å². The third-order valence-corrected chi connectivity index (χ3v) is 5.35. The molecule has 3 rings (SSSR count). The smallest absolute Gasteiger partial charge is 0.246 e. The summed E-state index contributed by atoms with van der Waals surface area (Å²) in [6, 6.07) is 7.82. The van der Waals surface area contributed by atoms with Gasteiger partial charge in [-0.05, 0) is 64.9 Å². The number of ether oxygens (including phenoxy) is 2. The van der Waals surface area contributed by atoms with E-state index in [1.807, 2.05) is 29.2 Å². The second-order valence-electron chi connectivity index (χ2n) is 6.10. The number of likely N-dealkylation sites (tertiary alicyclic amines) is 1. The van der Waals surface area contributed by atoms with Gasteiger partial charge < -0.3 is 14.4 Å². The van der Waals surface area contributed by atoms with Crippen LogP contribution in [-0.4, -0.2) is 38.1 Å². The minimum absolute atomic E-state index is 0.0681. The van der Waals surface area contributed by atoms with E-state index in [0.29, 0.717) is 17.4 Å². The van der Waals surface area contributed by atoms with Gasteiger partial charge >= 0.3 is 0 Å². The Hall–Kier alpha value is -2.27. The number of rotatable bonds is 5. The van der Waals surface area contributed by atoms with Crippen LogP contribution in [0.3, 0.4) is 0 Å². The van der Waals surface area contributed by atoms with E-state index in [9.17, 15) is 4.79 Å². The molecule has 0 spiro atoms. The first-order valence-corrected chi connectivity index (χ1v) is 9.36. The molecule has 1 aliphatic rings. The Bertz CT molecular complexity index is 731. The fourth-order valence-electron chi connectivity index (χ4n) is 3.17. The Morgan fingerprint density at radius 2 is 1.92 bits per heavy atom. The van der Waals surface area contributed by atoms with Crippen LogP contribution in [0.1, 0.15) is 29.9 Å². The molecule has 0 bridgehead atoms. The standard InChI is InChI=1S/C20H23NO3S/c1-23-18-5-3-15(13-19(18)24-2)4-6-20(22)21-10-7-16(8-11-21)17-9-12-25-14-17/h3-6,9,12-14,16H,7-8,10-11H2,1-2H3/b6-4+. The van der Waals surface area contributed by atoms with Gasteiger partial charge in [-0.1, -0.05) is 6.07 Å². The highest BCUT2D eigenvalue weighted by atomic mass is 32.1. The van der Waals surface area contributed by atoms with Crippen molar-refractivity contribution in [1.29, 1.82) is 0 Å². The normalized spacial score (nSPS) is 15.5. The van der Waals surface area contributed by atoms with Crippen molar-refractivity contribution in [3.63, 3.8) is 0 Å². The van der Waals surface area contributed by atoms with Crippen molar-refractivity contribution in [1.82, 2.24) is 4.90 Å². The van der Waals surface area contributed by atoms with Crippen LogP contribution in [0, 0.1) is 0 Å². The summed E-state index contributed by atoms with van der Waals surface area (Å²) in [5.41, 5.74) is 2.33. The molecule has 0 saturated carbocycles. The molecule has 2 aromatic rings. The number of nitrogens with zero attached hydrogens (tertiary/aromatic N) is 1. The number of benzene rings is 1. The maximum absolute atomic E-state index is 12.4. The molecule has 25 heavy (non-hydrogen) atoms. The van der Waals surface area contributed by atoms with Gasteiger partial charge in [0, 0.05) is 19.2 Å². The number of methoxy groups -OCH3 is 2. The molecule has 1 aliphatic heterocycles. The van der Waals surface area contributed by atoms with Crippen molar-refractivity contribution in [2.24, 2.45) is 0 Å². The Kier molecular flexibility index (Phi) is 5.76. The second kappa shape index (κ2) is 8.21. The molecule has 2 heterocycles. The summed E-state index contributed by atoms with van der Waals surface area (Å²) in [4.78, 5) is 14.4. The van der Waals surface area contributed by atoms with E-state index in [1.165, 1.54) is 5.56 Å². The molecule has 0 unspecified atom stereocenters. The number of carbonyl (C=O) groups is 1. The zero-order valence-corrected chi connectivity index (χ0v) is 15.4. The van der Waals surface area contributed by atoms with E-state index in [1.54, 1.807) is 31.6 Å². The highest BCUT2D eigenvalue weighted by molar-refractivity contribution is 7.07. The molecule has 1 aromatic heterocycles. The van der Waals surface area contributed by atoms with Gasteiger partial charge in [-0.15, -0.1) is 0 Å². The van der Waals surface area contributed by atoms with E-state index in [0.717, 1.165) is 31.5 Å². The number of piperidine rings is 1. The molecule has 1 fully saturated rings. The minimum Gasteiger partial charge on any atom is -0.493 e. The maximum atomic E-state index is 12.4. The first-order chi connectivity index (χ1) is 12.2. The summed E-state index contributed by atoms with van der Waals surface area (Å²) in [5, 5.41) is 4.35. The van der Waals surface area contributed by atoms with Gasteiger partial charge in [0.2, 0.25) is 5.91 Å². The SMILES string of the molecule is COc1ccc(/C=C/C(=O)N2CCC(c3ccsc3)CC2)cc1OC. The topological polar surface area (TPSA) is 38.8 Å². The van der Waals surface area contributed by atoms with Gasteiger partial charge in [0.1, 0.15) is 0 Å². The van der Waals surface area contributed by atoms with Crippen LogP contribution in [0.25, 0.3) is 6.08 Å². The van der Waals surface area contributed by atoms with Crippen LogP contribution in [0.4, 0.5) is 0 Å². The third-order valence-electron chi connectivity index (χ3n) is 4.65. The molecule has 0 N–H and O–H groups in total. The van der Waals surface area contributed by atoms with Crippen molar-refractivity contribution in [3.05, 3.63) is 52.2 Å². The predicted molar refractivity (Wildman–Crippen MR) is 101 cm³/mol. The molecule has 1 saturated heterocycles. The first kappa shape index (κ1) is 17.5. The first-order valence-electron chi connectivity index (χ1n) is 8.42. The Balaban J connectivity index is 1.58.